The Labute approximate surface area is 137 Å². The highest BCUT2D eigenvalue weighted by molar-refractivity contribution is 9.10. The van der Waals surface area contributed by atoms with Crippen LogP contribution in [0.1, 0.15) is 24.4 Å². The minimum absolute atomic E-state index is 0.0454. The van der Waals surface area contributed by atoms with Crippen molar-refractivity contribution in [2.75, 3.05) is 18.4 Å². The number of anilines is 1. The molecule has 0 aliphatic carbocycles. The number of hydrogen-bond donors (Lipinski definition) is 1. The molecular formula is C16H17BrN2OS. The Bertz CT molecular complexity index is 614. The van der Waals surface area contributed by atoms with E-state index in [1.54, 1.807) is 11.3 Å². The van der Waals surface area contributed by atoms with Gasteiger partial charge in [0.1, 0.15) is 0 Å². The molecule has 110 valence electrons. The number of para-hydroxylation sites is 1. The van der Waals surface area contributed by atoms with Gasteiger partial charge in [-0.15, -0.1) is 0 Å². The normalized spacial score (nSPS) is 18.8. The highest BCUT2D eigenvalue weighted by Gasteiger charge is 2.27. The predicted molar refractivity (Wildman–Crippen MR) is 90.6 cm³/mol. The van der Waals surface area contributed by atoms with Crippen LogP contribution >= 0.6 is 27.3 Å². The standard InChI is InChI=1S/C16H17BrN2OS/c17-13-4-1-2-5-14(13)18-16(20)10-19-8-3-6-15(19)12-7-9-21-11-12/h1-2,4-5,7,9,11,15H,3,6,8,10H2,(H,18,20)/t15-/m1/s1. The summed E-state index contributed by atoms with van der Waals surface area (Å²) in [6, 6.07) is 10.2. The lowest BCUT2D eigenvalue weighted by Crippen LogP contribution is -2.32. The zero-order valence-electron chi connectivity index (χ0n) is 11.6. The molecule has 2 heterocycles. The first kappa shape index (κ1) is 14.8. The summed E-state index contributed by atoms with van der Waals surface area (Å²) in [4.78, 5) is 14.5. The van der Waals surface area contributed by atoms with Gasteiger partial charge in [0.25, 0.3) is 0 Å². The number of thiophene rings is 1. The Hall–Kier alpha value is -1.17. The maximum Gasteiger partial charge on any atom is 0.238 e. The average molecular weight is 365 g/mol. The lowest BCUT2D eigenvalue weighted by atomic mass is 10.1. The molecule has 1 N–H and O–H groups in total. The number of likely N-dealkylation sites (tertiary alicyclic amines) is 1. The van der Waals surface area contributed by atoms with E-state index >= 15 is 0 Å². The van der Waals surface area contributed by atoms with Crippen LogP contribution in [0.2, 0.25) is 0 Å². The summed E-state index contributed by atoms with van der Waals surface area (Å²) in [5.41, 5.74) is 2.17. The third kappa shape index (κ3) is 3.54. The molecule has 1 atom stereocenters. The Morgan fingerprint density at radius 2 is 2.24 bits per heavy atom. The zero-order valence-corrected chi connectivity index (χ0v) is 14.0. The monoisotopic (exact) mass is 364 g/mol. The Kier molecular flexibility index (Phi) is 4.73. The van der Waals surface area contributed by atoms with Gasteiger partial charge in [-0.1, -0.05) is 12.1 Å². The summed E-state index contributed by atoms with van der Waals surface area (Å²) in [5, 5.41) is 7.27. The number of carbonyl (C=O) groups is 1. The van der Waals surface area contributed by atoms with Crippen molar-refractivity contribution in [2.24, 2.45) is 0 Å². The maximum atomic E-state index is 12.3. The summed E-state index contributed by atoms with van der Waals surface area (Å²) >= 11 is 5.17. The van der Waals surface area contributed by atoms with E-state index < -0.39 is 0 Å². The van der Waals surface area contributed by atoms with E-state index in [1.165, 1.54) is 5.56 Å². The highest BCUT2D eigenvalue weighted by atomic mass is 79.9. The van der Waals surface area contributed by atoms with Gasteiger partial charge in [-0.25, -0.2) is 0 Å². The molecule has 1 saturated heterocycles. The Balaban J connectivity index is 1.63. The molecule has 1 aliphatic heterocycles. The fraction of sp³-hybridized carbons (Fsp3) is 0.312. The number of rotatable bonds is 4. The number of halogens is 1. The molecule has 1 fully saturated rings. The van der Waals surface area contributed by atoms with Gasteiger partial charge < -0.3 is 5.32 Å². The third-order valence-electron chi connectivity index (χ3n) is 3.79. The van der Waals surface area contributed by atoms with E-state index in [1.807, 2.05) is 24.3 Å². The van der Waals surface area contributed by atoms with Crippen LogP contribution in [-0.2, 0) is 4.79 Å². The summed E-state index contributed by atoms with van der Waals surface area (Å²) in [7, 11) is 0. The van der Waals surface area contributed by atoms with Gasteiger partial charge in [0, 0.05) is 10.5 Å². The summed E-state index contributed by atoms with van der Waals surface area (Å²) < 4.78 is 0.911. The number of nitrogens with one attached hydrogen (secondary N) is 1. The fourth-order valence-electron chi connectivity index (χ4n) is 2.79. The molecule has 5 heteroatoms. The SMILES string of the molecule is O=C(CN1CCC[C@@H]1c1ccsc1)Nc1ccccc1Br. The van der Waals surface area contributed by atoms with Gasteiger partial charge in [0.2, 0.25) is 5.91 Å². The molecule has 0 unspecified atom stereocenters. The molecule has 0 saturated carbocycles. The van der Waals surface area contributed by atoms with Crippen LogP contribution in [0.4, 0.5) is 5.69 Å². The van der Waals surface area contributed by atoms with Crippen molar-refractivity contribution in [3.63, 3.8) is 0 Å². The molecule has 1 aliphatic rings. The molecule has 1 amide bonds. The van der Waals surface area contributed by atoms with Gasteiger partial charge >= 0.3 is 0 Å². The molecule has 3 nitrogen and oxygen atoms in total. The first-order valence-corrected chi connectivity index (χ1v) is 8.78. The predicted octanol–water partition coefficient (Wildman–Crippen LogP) is 4.29. The second-order valence-electron chi connectivity index (χ2n) is 5.21. The van der Waals surface area contributed by atoms with Crippen molar-refractivity contribution in [1.29, 1.82) is 0 Å². The molecule has 2 aromatic rings. The Morgan fingerprint density at radius 1 is 1.38 bits per heavy atom. The number of amides is 1. The molecule has 3 rings (SSSR count). The molecular weight excluding hydrogens is 348 g/mol. The minimum atomic E-state index is 0.0454. The number of hydrogen-bond acceptors (Lipinski definition) is 3. The fourth-order valence-corrected chi connectivity index (χ4v) is 3.89. The summed E-state index contributed by atoms with van der Waals surface area (Å²) in [6.07, 6.45) is 2.29. The van der Waals surface area contributed by atoms with Crippen LogP contribution < -0.4 is 5.32 Å². The van der Waals surface area contributed by atoms with Crippen LogP contribution in [0, 0.1) is 0 Å². The smallest absolute Gasteiger partial charge is 0.238 e. The van der Waals surface area contributed by atoms with Gasteiger partial charge in [-0.3, -0.25) is 9.69 Å². The van der Waals surface area contributed by atoms with E-state index in [0.29, 0.717) is 12.6 Å². The van der Waals surface area contributed by atoms with Crippen molar-refractivity contribution in [3.8, 4) is 0 Å². The zero-order chi connectivity index (χ0) is 14.7. The second-order valence-corrected chi connectivity index (χ2v) is 6.85. The molecule has 1 aromatic carbocycles. The number of nitrogens with zero attached hydrogens (tertiary/aromatic N) is 1. The molecule has 0 radical (unpaired) electrons. The van der Waals surface area contributed by atoms with Gasteiger partial charge in [0.15, 0.2) is 0 Å². The number of carbonyl (C=O) groups excluding carboxylic acids is 1. The van der Waals surface area contributed by atoms with E-state index in [-0.39, 0.29) is 5.91 Å². The summed E-state index contributed by atoms with van der Waals surface area (Å²) in [5.74, 6) is 0.0454. The second kappa shape index (κ2) is 6.73. The van der Waals surface area contributed by atoms with Gasteiger partial charge in [-0.05, 0) is 69.8 Å². The van der Waals surface area contributed by atoms with E-state index in [9.17, 15) is 4.79 Å². The minimum Gasteiger partial charge on any atom is -0.324 e. The van der Waals surface area contributed by atoms with Crippen molar-refractivity contribution < 1.29 is 4.79 Å². The lowest BCUT2D eigenvalue weighted by molar-refractivity contribution is -0.117. The molecule has 0 bridgehead atoms. The van der Waals surface area contributed by atoms with Crippen molar-refractivity contribution >= 4 is 38.9 Å². The average Bonchev–Trinajstić information content (AvgIpc) is 3.11. The topological polar surface area (TPSA) is 32.3 Å². The van der Waals surface area contributed by atoms with Crippen LogP contribution in [0.25, 0.3) is 0 Å². The van der Waals surface area contributed by atoms with Crippen LogP contribution in [-0.4, -0.2) is 23.9 Å². The van der Waals surface area contributed by atoms with E-state index in [2.05, 4.69) is 43.0 Å². The van der Waals surface area contributed by atoms with Crippen LogP contribution in [0.5, 0.6) is 0 Å². The van der Waals surface area contributed by atoms with Crippen LogP contribution in [0.15, 0.2) is 45.6 Å². The van der Waals surface area contributed by atoms with Gasteiger partial charge in [-0.2, -0.15) is 11.3 Å². The summed E-state index contributed by atoms with van der Waals surface area (Å²) in [6.45, 7) is 1.44. The van der Waals surface area contributed by atoms with Crippen molar-refractivity contribution in [3.05, 3.63) is 51.1 Å². The van der Waals surface area contributed by atoms with Crippen LogP contribution in [0.3, 0.4) is 0 Å². The molecule has 21 heavy (non-hydrogen) atoms. The quantitative estimate of drug-likeness (QED) is 0.877. The molecule has 1 aromatic heterocycles. The van der Waals surface area contributed by atoms with Crippen molar-refractivity contribution in [2.45, 2.75) is 18.9 Å². The third-order valence-corrected chi connectivity index (χ3v) is 5.18. The largest absolute Gasteiger partial charge is 0.324 e. The van der Waals surface area contributed by atoms with E-state index in [4.69, 9.17) is 0 Å². The van der Waals surface area contributed by atoms with E-state index in [0.717, 1.165) is 29.5 Å². The van der Waals surface area contributed by atoms with Crippen molar-refractivity contribution in [1.82, 2.24) is 4.90 Å². The highest BCUT2D eigenvalue weighted by Crippen LogP contribution is 2.32. The molecule has 0 spiro atoms. The first-order valence-electron chi connectivity index (χ1n) is 7.04. The lowest BCUT2D eigenvalue weighted by Gasteiger charge is -2.23. The van der Waals surface area contributed by atoms with Gasteiger partial charge in [0.05, 0.1) is 12.2 Å². The first-order chi connectivity index (χ1) is 10.2. The maximum absolute atomic E-state index is 12.3. The Morgan fingerprint density at radius 3 is 3.00 bits per heavy atom. The number of benzene rings is 1.